The first-order valence-electron chi connectivity index (χ1n) is 6.72. The van der Waals surface area contributed by atoms with Crippen molar-refractivity contribution >= 4 is 5.69 Å². The zero-order valence-corrected chi connectivity index (χ0v) is 10.8. The molecule has 0 amide bonds. The molecule has 1 fully saturated rings. The summed E-state index contributed by atoms with van der Waals surface area (Å²) in [6.45, 7) is 2.77. The quantitative estimate of drug-likeness (QED) is 0.915. The van der Waals surface area contributed by atoms with E-state index >= 15 is 0 Å². The zero-order chi connectivity index (χ0) is 12.9. The van der Waals surface area contributed by atoms with Crippen molar-refractivity contribution in [1.29, 1.82) is 0 Å². The average Bonchev–Trinajstić information content (AvgIpc) is 3.01. The van der Waals surface area contributed by atoms with E-state index in [0.29, 0.717) is 5.92 Å². The minimum absolute atomic E-state index is 0.628. The van der Waals surface area contributed by atoms with E-state index in [9.17, 15) is 0 Å². The summed E-state index contributed by atoms with van der Waals surface area (Å²) in [6, 6.07) is 8.23. The Morgan fingerprint density at radius 3 is 2.84 bits per heavy atom. The maximum Gasteiger partial charge on any atom is 0.181 e. The van der Waals surface area contributed by atoms with E-state index in [2.05, 4.69) is 22.4 Å². The van der Waals surface area contributed by atoms with Gasteiger partial charge in [-0.1, -0.05) is 0 Å². The third-order valence-electron chi connectivity index (χ3n) is 3.45. The van der Waals surface area contributed by atoms with Crippen molar-refractivity contribution in [3.63, 3.8) is 0 Å². The van der Waals surface area contributed by atoms with Crippen LogP contribution in [-0.2, 0) is 4.74 Å². The first kappa shape index (κ1) is 12.2. The first-order valence-corrected chi connectivity index (χ1v) is 6.72. The van der Waals surface area contributed by atoms with E-state index < -0.39 is 0 Å². The third kappa shape index (κ3) is 3.15. The SMILES string of the molecule is c1ncc(-c2ccc(NCC3CCCOC3)cc2)o1. The lowest BCUT2D eigenvalue weighted by atomic mass is 10.0. The Balaban J connectivity index is 1.57. The number of nitrogens with zero attached hydrogens (tertiary/aromatic N) is 1. The van der Waals surface area contributed by atoms with Gasteiger partial charge in [0.15, 0.2) is 12.2 Å². The molecule has 0 saturated carbocycles. The molecule has 2 heterocycles. The van der Waals surface area contributed by atoms with Crippen LogP contribution in [0.2, 0.25) is 0 Å². The molecule has 2 aromatic rings. The van der Waals surface area contributed by atoms with Gasteiger partial charge in [0.25, 0.3) is 0 Å². The van der Waals surface area contributed by atoms with Crippen molar-refractivity contribution in [2.75, 3.05) is 25.1 Å². The highest BCUT2D eigenvalue weighted by Gasteiger charge is 2.13. The predicted octanol–water partition coefficient (Wildman–Crippen LogP) is 3.18. The second-order valence-electron chi connectivity index (χ2n) is 4.91. The molecule has 1 N–H and O–H groups in total. The van der Waals surface area contributed by atoms with E-state index in [1.54, 1.807) is 6.20 Å². The molecule has 1 aliphatic heterocycles. The monoisotopic (exact) mass is 258 g/mol. The number of nitrogens with one attached hydrogen (secondary N) is 1. The zero-order valence-electron chi connectivity index (χ0n) is 10.8. The molecule has 1 unspecified atom stereocenters. The van der Waals surface area contributed by atoms with Crippen LogP contribution in [0.5, 0.6) is 0 Å². The smallest absolute Gasteiger partial charge is 0.181 e. The molecule has 0 radical (unpaired) electrons. The van der Waals surface area contributed by atoms with Crippen molar-refractivity contribution < 1.29 is 9.15 Å². The number of rotatable bonds is 4. The fourth-order valence-corrected chi connectivity index (χ4v) is 2.34. The van der Waals surface area contributed by atoms with Crippen LogP contribution in [-0.4, -0.2) is 24.7 Å². The van der Waals surface area contributed by atoms with Gasteiger partial charge in [-0.25, -0.2) is 4.98 Å². The molecule has 100 valence electrons. The van der Waals surface area contributed by atoms with Crippen LogP contribution in [0.3, 0.4) is 0 Å². The summed E-state index contributed by atoms with van der Waals surface area (Å²) in [5.74, 6) is 1.43. The van der Waals surface area contributed by atoms with Crippen LogP contribution in [0.15, 0.2) is 41.3 Å². The lowest BCUT2D eigenvalue weighted by molar-refractivity contribution is 0.0595. The molecule has 1 atom stereocenters. The Labute approximate surface area is 112 Å². The highest BCUT2D eigenvalue weighted by Crippen LogP contribution is 2.21. The number of ether oxygens (including phenoxy) is 1. The fraction of sp³-hybridized carbons (Fsp3) is 0.400. The summed E-state index contributed by atoms with van der Waals surface area (Å²) >= 11 is 0. The number of anilines is 1. The van der Waals surface area contributed by atoms with Gasteiger partial charge in [0.1, 0.15) is 0 Å². The number of benzene rings is 1. The molecule has 4 nitrogen and oxygen atoms in total. The highest BCUT2D eigenvalue weighted by molar-refractivity contribution is 5.60. The first-order chi connectivity index (χ1) is 9.42. The van der Waals surface area contributed by atoms with Gasteiger partial charge in [-0.2, -0.15) is 0 Å². The van der Waals surface area contributed by atoms with Crippen LogP contribution in [0.4, 0.5) is 5.69 Å². The minimum atomic E-state index is 0.628. The summed E-state index contributed by atoms with van der Waals surface area (Å²) in [7, 11) is 0. The Morgan fingerprint density at radius 1 is 1.26 bits per heavy atom. The van der Waals surface area contributed by atoms with Gasteiger partial charge in [0, 0.05) is 24.4 Å². The molecule has 1 aliphatic rings. The molecular formula is C15H18N2O2. The van der Waals surface area contributed by atoms with Gasteiger partial charge < -0.3 is 14.5 Å². The normalized spacial score (nSPS) is 19.3. The molecule has 4 heteroatoms. The van der Waals surface area contributed by atoms with Gasteiger partial charge in [-0.05, 0) is 43.0 Å². The largest absolute Gasteiger partial charge is 0.444 e. The van der Waals surface area contributed by atoms with E-state index in [0.717, 1.165) is 36.8 Å². The molecule has 0 aliphatic carbocycles. The van der Waals surface area contributed by atoms with E-state index in [1.165, 1.54) is 19.2 Å². The van der Waals surface area contributed by atoms with E-state index in [-0.39, 0.29) is 0 Å². The lowest BCUT2D eigenvalue weighted by Crippen LogP contribution is -2.24. The molecule has 0 spiro atoms. The summed E-state index contributed by atoms with van der Waals surface area (Å²) in [5.41, 5.74) is 2.18. The summed E-state index contributed by atoms with van der Waals surface area (Å²) < 4.78 is 10.7. The van der Waals surface area contributed by atoms with Crippen molar-refractivity contribution in [2.45, 2.75) is 12.8 Å². The molecule has 1 aromatic carbocycles. The van der Waals surface area contributed by atoms with E-state index in [4.69, 9.17) is 9.15 Å². The molecule has 0 bridgehead atoms. The van der Waals surface area contributed by atoms with Gasteiger partial charge in [0.2, 0.25) is 0 Å². The van der Waals surface area contributed by atoms with Crippen molar-refractivity contribution in [3.8, 4) is 11.3 Å². The highest BCUT2D eigenvalue weighted by atomic mass is 16.5. The number of oxazole rings is 1. The summed E-state index contributed by atoms with van der Waals surface area (Å²) in [4.78, 5) is 3.92. The molecule has 1 aromatic heterocycles. The number of hydrogen-bond donors (Lipinski definition) is 1. The fourth-order valence-electron chi connectivity index (χ4n) is 2.34. The van der Waals surface area contributed by atoms with Crippen molar-refractivity contribution in [3.05, 3.63) is 36.9 Å². The van der Waals surface area contributed by atoms with Crippen LogP contribution < -0.4 is 5.32 Å². The van der Waals surface area contributed by atoms with Crippen LogP contribution in [0, 0.1) is 5.92 Å². The summed E-state index contributed by atoms with van der Waals surface area (Å²) in [6.07, 6.45) is 5.60. The van der Waals surface area contributed by atoms with Crippen LogP contribution in [0.1, 0.15) is 12.8 Å². The molecule has 3 rings (SSSR count). The third-order valence-corrected chi connectivity index (χ3v) is 3.45. The number of aromatic nitrogens is 1. The van der Waals surface area contributed by atoms with Gasteiger partial charge in [-0.15, -0.1) is 0 Å². The van der Waals surface area contributed by atoms with Gasteiger partial charge in [-0.3, -0.25) is 0 Å². The van der Waals surface area contributed by atoms with E-state index in [1.807, 2.05) is 12.1 Å². The van der Waals surface area contributed by atoms with Gasteiger partial charge in [0.05, 0.1) is 12.8 Å². The standard InChI is InChI=1S/C15H18N2O2/c1-2-12(10-18-7-1)8-17-14-5-3-13(4-6-14)15-9-16-11-19-15/h3-6,9,11-12,17H,1-2,7-8,10H2. The maximum atomic E-state index is 5.48. The average molecular weight is 258 g/mol. The summed E-state index contributed by atoms with van der Waals surface area (Å²) in [5, 5.41) is 3.46. The second kappa shape index (κ2) is 5.89. The molecule has 19 heavy (non-hydrogen) atoms. The molecule has 1 saturated heterocycles. The van der Waals surface area contributed by atoms with Crippen LogP contribution in [0.25, 0.3) is 11.3 Å². The van der Waals surface area contributed by atoms with Crippen LogP contribution >= 0.6 is 0 Å². The lowest BCUT2D eigenvalue weighted by Gasteiger charge is -2.22. The second-order valence-corrected chi connectivity index (χ2v) is 4.91. The van der Waals surface area contributed by atoms with Gasteiger partial charge >= 0.3 is 0 Å². The maximum absolute atomic E-state index is 5.48. The topological polar surface area (TPSA) is 47.3 Å². The Bertz CT molecular complexity index is 487. The Kier molecular flexibility index (Phi) is 3.79. The van der Waals surface area contributed by atoms with Crippen molar-refractivity contribution in [2.24, 2.45) is 5.92 Å². The predicted molar refractivity (Wildman–Crippen MR) is 74.0 cm³/mol. The number of hydrogen-bond acceptors (Lipinski definition) is 4. The Hall–Kier alpha value is -1.81. The minimum Gasteiger partial charge on any atom is -0.444 e. The molecular weight excluding hydrogens is 240 g/mol. The van der Waals surface area contributed by atoms with Crippen molar-refractivity contribution in [1.82, 2.24) is 4.98 Å². The Morgan fingerprint density at radius 2 is 2.16 bits per heavy atom.